The van der Waals surface area contributed by atoms with Crippen LogP contribution in [-0.2, 0) is 0 Å². The zero-order valence-corrected chi connectivity index (χ0v) is 16.3. The molecule has 1 atom stereocenters. The minimum atomic E-state index is -0.119. The van der Waals surface area contributed by atoms with Crippen LogP contribution in [0.3, 0.4) is 0 Å². The van der Waals surface area contributed by atoms with Gasteiger partial charge in [-0.05, 0) is 44.7 Å². The second kappa shape index (κ2) is 7.95. The standard InChI is InChI=1S/C19H25N3O3S/c1-13-11-17(15(3)25-13)14(2)20-19(24)22-7-4-6-21(8-9-22)18(23)16-5-10-26-12-16/h5,10-12,14H,4,6-9H2,1-3H3,(H,20,24). The first-order valence-corrected chi connectivity index (χ1v) is 9.84. The molecule has 3 heterocycles. The molecule has 2 aromatic heterocycles. The summed E-state index contributed by atoms with van der Waals surface area (Å²) in [6, 6.07) is 3.59. The number of amides is 3. The van der Waals surface area contributed by atoms with Gasteiger partial charge in [0.15, 0.2) is 0 Å². The molecule has 140 valence electrons. The Balaban J connectivity index is 1.57. The summed E-state index contributed by atoms with van der Waals surface area (Å²) >= 11 is 1.52. The lowest BCUT2D eigenvalue weighted by atomic mass is 10.1. The summed E-state index contributed by atoms with van der Waals surface area (Å²) in [4.78, 5) is 28.8. The molecule has 1 unspecified atom stereocenters. The fourth-order valence-corrected chi connectivity index (χ4v) is 3.96. The van der Waals surface area contributed by atoms with Crippen molar-refractivity contribution >= 4 is 23.3 Å². The molecule has 0 saturated carbocycles. The Morgan fingerprint density at radius 3 is 2.58 bits per heavy atom. The van der Waals surface area contributed by atoms with Crippen LogP contribution in [0.15, 0.2) is 27.3 Å². The number of carbonyl (C=O) groups excluding carboxylic acids is 2. The van der Waals surface area contributed by atoms with E-state index in [0.717, 1.165) is 29.1 Å². The smallest absolute Gasteiger partial charge is 0.317 e. The maximum Gasteiger partial charge on any atom is 0.317 e. The largest absolute Gasteiger partial charge is 0.466 e. The minimum Gasteiger partial charge on any atom is -0.466 e. The molecule has 0 spiro atoms. The number of urea groups is 1. The zero-order chi connectivity index (χ0) is 18.7. The number of aryl methyl sites for hydroxylation is 2. The van der Waals surface area contributed by atoms with E-state index >= 15 is 0 Å². The second-order valence-corrected chi connectivity index (χ2v) is 7.46. The monoisotopic (exact) mass is 375 g/mol. The molecule has 1 saturated heterocycles. The van der Waals surface area contributed by atoms with Crippen molar-refractivity contribution in [2.75, 3.05) is 26.2 Å². The highest BCUT2D eigenvalue weighted by molar-refractivity contribution is 7.08. The van der Waals surface area contributed by atoms with Crippen LogP contribution in [0.1, 0.15) is 46.8 Å². The normalized spacial score (nSPS) is 16.3. The van der Waals surface area contributed by atoms with Gasteiger partial charge < -0.3 is 19.5 Å². The van der Waals surface area contributed by atoms with E-state index in [-0.39, 0.29) is 18.0 Å². The van der Waals surface area contributed by atoms with Crippen molar-refractivity contribution in [1.29, 1.82) is 0 Å². The van der Waals surface area contributed by atoms with Gasteiger partial charge in [0.25, 0.3) is 5.91 Å². The van der Waals surface area contributed by atoms with Gasteiger partial charge >= 0.3 is 6.03 Å². The zero-order valence-electron chi connectivity index (χ0n) is 15.4. The minimum absolute atomic E-state index is 0.0476. The predicted molar refractivity (Wildman–Crippen MR) is 102 cm³/mol. The van der Waals surface area contributed by atoms with Crippen LogP contribution in [0.5, 0.6) is 0 Å². The van der Waals surface area contributed by atoms with Crippen LogP contribution in [0.2, 0.25) is 0 Å². The Morgan fingerprint density at radius 2 is 1.92 bits per heavy atom. The summed E-state index contributed by atoms with van der Waals surface area (Å²) in [5.41, 5.74) is 1.73. The molecule has 3 rings (SSSR count). The first-order chi connectivity index (χ1) is 12.5. The molecular weight excluding hydrogens is 350 g/mol. The van der Waals surface area contributed by atoms with Crippen LogP contribution in [0, 0.1) is 13.8 Å². The maximum atomic E-state index is 12.6. The van der Waals surface area contributed by atoms with Gasteiger partial charge in [0.1, 0.15) is 11.5 Å². The van der Waals surface area contributed by atoms with Crippen LogP contribution < -0.4 is 5.32 Å². The maximum absolute atomic E-state index is 12.6. The predicted octanol–water partition coefficient (Wildman–Crippen LogP) is 3.58. The molecule has 1 fully saturated rings. The van der Waals surface area contributed by atoms with Gasteiger partial charge in [0, 0.05) is 37.1 Å². The third-order valence-electron chi connectivity index (χ3n) is 4.72. The summed E-state index contributed by atoms with van der Waals surface area (Å²) in [5, 5.41) is 6.82. The molecule has 1 N–H and O–H groups in total. The number of nitrogens with zero attached hydrogens (tertiary/aromatic N) is 2. The number of nitrogens with one attached hydrogen (secondary N) is 1. The molecule has 0 aliphatic carbocycles. The third kappa shape index (κ3) is 4.09. The lowest BCUT2D eigenvalue weighted by molar-refractivity contribution is 0.0762. The van der Waals surface area contributed by atoms with E-state index in [2.05, 4.69) is 5.32 Å². The van der Waals surface area contributed by atoms with Crippen LogP contribution in [0.4, 0.5) is 4.79 Å². The number of rotatable bonds is 3. The van der Waals surface area contributed by atoms with Crippen molar-refractivity contribution in [3.05, 3.63) is 45.5 Å². The van der Waals surface area contributed by atoms with Crippen molar-refractivity contribution in [3.63, 3.8) is 0 Å². The second-order valence-electron chi connectivity index (χ2n) is 6.68. The van der Waals surface area contributed by atoms with Crippen molar-refractivity contribution in [2.45, 2.75) is 33.2 Å². The molecule has 26 heavy (non-hydrogen) atoms. The van der Waals surface area contributed by atoms with E-state index in [1.165, 1.54) is 11.3 Å². The van der Waals surface area contributed by atoms with E-state index in [0.29, 0.717) is 26.2 Å². The van der Waals surface area contributed by atoms with Crippen LogP contribution in [0.25, 0.3) is 0 Å². The molecule has 0 bridgehead atoms. The van der Waals surface area contributed by atoms with Gasteiger partial charge in [-0.1, -0.05) is 0 Å². The van der Waals surface area contributed by atoms with E-state index in [1.54, 1.807) is 4.90 Å². The number of hydrogen-bond donors (Lipinski definition) is 1. The van der Waals surface area contributed by atoms with Gasteiger partial charge in [-0.2, -0.15) is 11.3 Å². The fourth-order valence-electron chi connectivity index (χ4n) is 3.33. The molecule has 7 heteroatoms. The Bertz CT molecular complexity index is 769. The summed E-state index contributed by atoms with van der Waals surface area (Å²) < 4.78 is 5.55. The Labute approximate surface area is 157 Å². The van der Waals surface area contributed by atoms with Crippen molar-refractivity contribution in [2.24, 2.45) is 0 Å². The number of thiophene rings is 1. The Kier molecular flexibility index (Phi) is 5.66. The van der Waals surface area contributed by atoms with E-state index in [4.69, 9.17) is 4.42 Å². The highest BCUT2D eigenvalue weighted by atomic mass is 32.1. The third-order valence-corrected chi connectivity index (χ3v) is 5.41. The summed E-state index contributed by atoms with van der Waals surface area (Å²) in [6.07, 6.45) is 0.779. The molecule has 1 aliphatic rings. The number of carbonyl (C=O) groups is 2. The molecule has 1 aliphatic heterocycles. The van der Waals surface area contributed by atoms with Crippen LogP contribution >= 0.6 is 11.3 Å². The van der Waals surface area contributed by atoms with Crippen molar-refractivity contribution < 1.29 is 14.0 Å². The lowest BCUT2D eigenvalue weighted by Crippen LogP contribution is -2.43. The average Bonchev–Trinajstić information content (AvgIpc) is 3.17. The van der Waals surface area contributed by atoms with Gasteiger partial charge in [-0.15, -0.1) is 0 Å². The van der Waals surface area contributed by atoms with E-state index in [1.807, 2.05) is 48.6 Å². The van der Waals surface area contributed by atoms with Gasteiger partial charge in [-0.25, -0.2) is 4.79 Å². The van der Waals surface area contributed by atoms with Crippen LogP contribution in [-0.4, -0.2) is 47.9 Å². The molecule has 2 aromatic rings. The van der Waals surface area contributed by atoms with Gasteiger partial charge in [-0.3, -0.25) is 4.79 Å². The number of hydrogen-bond acceptors (Lipinski definition) is 4. The van der Waals surface area contributed by atoms with E-state index < -0.39 is 0 Å². The van der Waals surface area contributed by atoms with Crippen molar-refractivity contribution in [3.8, 4) is 0 Å². The topological polar surface area (TPSA) is 65.8 Å². The highest BCUT2D eigenvalue weighted by Crippen LogP contribution is 2.21. The van der Waals surface area contributed by atoms with E-state index in [9.17, 15) is 9.59 Å². The molecule has 6 nitrogen and oxygen atoms in total. The van der Waals surface area contributed by atoms with Crippen molar-refractivity contribution in [1.82, 2.24) is 15.1 Å². The number of furan rings is 1. The fraction of sp³-hybridized carbons (Fsp3) is 0.474. The molecule has 0 radical (unpaired) electrons. The van der Waals surface area contributed by atoms with Gasteiger partial charge in [0.2, 0.25) is 0 Å². The molecular formula is C19H25N3O3S. The summed E-state index contributed by atoms with van der Waals surface area (Å²) in [5.74, 6) is 1.72. The average molecular weight is 375 g/mol. The molecule has 3 amide bonds. The Hall–Kier alpha value is -2.28. The summed E-state index contributed by atoms with van der Waals surface area (Å²) in [6.45, 7) is 8.19. The first kappa shape index (κ1) is 18.5. The Morgan fingerprint density at radius 1 is 1.19 bits per heavy atom. The highest BCUT2D eigenvalue weighted by Gasteiger charge is 2.24. The first-order valence-electron chi connectivity index (χ1n) is 8.89. The lowest BCUT2D eigenvalue weighted by Gasteiger charge is -2.24. The quantitative estimate of drug-likeness (QED) is 0.892. The SMILES string of the molecule is Cc1cc(C(C)NC(=O)N2CCCN(C(=O)c3ccsc3)CC2)c(C)o1. The summed E-state index contributed by atoms with van der Waals surface area (Å²) in [7, 11) is 0. The van der Waals surface area contributed by atoms with Gasteiger partial charge in [0.05, 0.1) is 11.6 Å². The molecule has 0 aromatic carbocycles.